The molecule has 1 fully saturated rings. The molecule has 0 amide bonds. The van der Waals surface area contributed by atoms with Crippen molar-refractivity contribution in [3.05, 3.63) is 42.4 Å². The molecule has 0 bridgehead atoms. The van der Waals surface area contributed by atoms with Crippen LogP contribution in [0.25, 0.3) is 0 Å². The smallest absolute Gasteiger partial charge is 0.207 e. The van der Waals surface area contributed by atoms with Crippen molar-refractivity contribution in [1.82, 2.24) is 0 Å². The molecule has 3 rings (SSSR count). The highest BCUT2D eigenvalue weighted by Crippen LogP contribution is 2.35. The van der Waals surface area contributed by atoms with Crippen molar-refractivity contribution in [2.24, 2.45) is 5.92 Å². The normalized spacial score (nSPS) is 26.9. The maximum atomic E-state index is 12.6. The van der Waals surface area contributed by atoms with E-state index in [4.69, 9.17) is 14.2 Å². The summed E-state index contributed by atoms with van der Waals surface area (Å²) in [5.41, 5.74) is 0. The Bertz CT molecular complexity index is 552. The van der Waals surface area contributed by atoms with Gasteiger partial charge < -0.3 is 14.2 Å². The molecule has 0 radical (unpaired) electrons. The highest BCUT2D eigenvalue weighted by Gasteiger charge is 2.41. The summed E-state index contributed by atoms with van der Waals surface area (Å²) in [4.78, 5) is 12.6. The van der Waals surface area contributed by atoms with Crippen LogP contribution in [0.15, 0.2) is 42.4 Å². The molecule has 0 saturated heterocycles. The first-order valence-electron chi connectivity index (χ1n) is 8.52. The van der Waals surface area contributed by atoms with Gasteiger partial charge in [-0.3, -0.25) is 4.79 Å². The second-order valence-corrected chi connectivity index (χ2v) is 6.20. The predicted octanol–water partition coefficient (Wildman–Crippen LogP) is 3.86. The van der Waals surface area contributed by atoms with Crippen molar-refractivity contribution >= 4 is 5.78 Å². The van der Waals surface area contributed by atoms with Crippen molar-refractivity contribution in [1.29, 1.82) is 0 Å². The van der Waals surface area contributed by atoms with E-state index in [0.29, 0.717) is 11.5 Å². The number of carbonyl (C=O) groups is 1. The number of para-hydroxylation sites is 1. The number of benzene rings is 1. The van der Waals surface area contributed by atoms with Crippen LogP contribution >= 0.6 is 0 Å². The first-order chi connectivity index (χ1) is 11.3. The van der Waals surface area contributed by atoms with Crippen LogP contribution in [0.2, 0.25) is 0 Å². The van der Waals surface area contributed by atoms with E-state index in [1.807, 2.05) is 30.3 Å². The number of allylic oxidation sites excluding steroid dienone is 1. The van der Waals surface area contributed by atoms with Gasteiger partial charge in [-0.25, -0.2) is 0 Å². The average molecular weight is 316 g/mol. The number of fused-ring (bicyclic) bond motifs is 1. The van der Waals surface area contributed by atoms with Crippen LogP contribution in [-0.4, -0.2) is 24.6 Å². The molecule has 1 saturated carbocycles. The van der Waals surface area contributed by atoms with Crippen LogP contribution in [0.3, 0.4) is 0 Å². The molecular formula is C19H24O4. The second kappa shape index (κ2) is 7.64. The number of Topliss-reactive ketones (excluding diaryl/α,β-unsaturated/α-hetero) is 1. The molecule has 0 N–H and O–H groups in total. The predicted molar refractivity (Wildman–Crippen MR) is 87.0 cm³/mol. The quantitative estimate of drug-likeness (QED) is 0.748. The lowest BCUT2D eigenvalue weighted by Gasteiger charge is -2.37. The van der Waals surface area contributed by atoms with Crippen molar-refractivity contribution < 1.29 is 19.0 Å². The summed E-state index contributed by atoms with van der Waals surface area (Å²) < 4.78 is 17.4. The Labute approximate surface area is 137 Å². The molecule has 1 aromatic carbocycles. The van der Waals surface area contributed by atoms with E-state index < -0.39 is 0 Å². The fourth-order valence-corrected chi connectivity index (χ4v) is 3.17. The fourth-order valence-electron chi connectivity index (χ4n) is 3.17. The van der Waals surface area contributed by atoms with E-state index in [9.17, 15) is 4.79 Å². The lowest BCUT2D eigenvalue weighted by atomic mass is 9.80. The maximum absolute atomic E-state index is 12.6. The van der Waals surface area contributed by atoms with E-state index >= 15 is 0 Å². The van der Waals surface area contributed by atoms with Gasteiger partial charge in [-0.05, 0) is 31.4 Å². The van der Waals surface area contributed by atoms with Gasteiger partial charge in [0.1, 0.15) is 18.1 Å². The summed E-state index contributed by atoms with van der Waals surface area (Å²) in [5, 5.41) is 0. The molecule has 0 aromatic heterocycles. The Morgan fingerprint density at radius 1 is 1.22 bits per heavy atom. The van der Waals surface area contributed by atoms with Crippen LogP contribution in [0.5, 0.6) is 5.75 Å². The SMILES string of the molecule is CCCCOC1CCC2C(=O)C(Oc3ccccc3)=COC2C1. The van der Waals surface area contributed by atoms with Crippen LogP contribution in [-0.2, 0) is 14.3 Å². The highest BCUT2D eigenvalue weighted by atomic mass is 16.5. The minimum absolute atomic E-state index is 0.0529. The Hall–Kier alpha value is -1.81. The molecule has 3 atom stereocenters. The number of ether oxygens (including phenoxy) is 3. The number of carbonyl (C=O) groups excluding carboxylic acids is 1. The van der Waals surface area contributed by atoms with Crippen molar-refractivity contribution in [2.75, 3.05) is 6.61 Å². The van der Waals surface area contributed by atoms with E-state index in [1.54, 1.807) is 0 Å². The van der Waals surface area contributed by atoms with Gasteiger partial charge in [-0.1, -0.05) is 31.5 Å². The third-order valence-electron chi connectivity index (χ3n) is 4.50. The summed E-state index contributed by atoms with van der Waals surface area (Å²) >= 11 is 0. The van der Waals surface area contributed by atoms with Crippen molar-refractivity contribution in [2.45, 2.75) is 51.2 Å². The van der Waals surface area contributed by atoms with E-state index in [0.717, 1.165) is 38.7 Å². The first kappa shape index (κ1) is 16.1. The standard InChI is InChI=1S/C19H24O4/c1-2-3-11-21-15-9-10-16-17(12-15)22-13-18(19(16)20)23-14-7-5-4-6-8-14/h4-8,13,15-17H,2-3,9-12H2,1H3. The van der Waals surface area contributed by atoms with Crippen LogP contribution in [0.4, 0.5) is 0 Å². The number of rotatable bonds is 6. The molecule has 1 heterocycles. The Balaban J connectivity index is 1.59. The topological polar surface area (TPSA) is 44.8 Å². The molecule has 1 aromatic rings. The third kappa shape index (κ3) is 3.94. The molecule has 0 spiro atoms. The molecule has 4 heteroatoms. The average Bonchev–Trinajstić information content (AvgIpc) is 2.59. The Morgan fingerprint density at radius 2 is 2.04 bits per heavy atom. The molecule has 3 unspecified atom stereocenters. The Morgan fingerprint density at radius 3 is 2.83 bits per heavy atom. The molecule has 4 nitrogen and oxygen atoms in total. The molecular weight excluding hydrogens is 292 g/mol. The zero-order chi connectivity index (χ0) is 16.1. The summed E-state index contributed by atoms with van der Waals surface area (Å²) in [6.07, 6.45) is 6.33. The van der Waals surface area contributed by atoms with Gasteiger partial charge >= 0.3 is 0 Å². The van der Waals surface area contributed by atoms with Gasteiger partial charge in [-0.15, -0.1) is 0 Å². The fraction of sp³-hybridized carbons (Fsp3) is 0.526. The number of hydrogen-bond acceptors (Lipinski definition) is 4. The van der Waals surface area contributed by atoms with Gasteiger partial charge in [0.15, 0.2) is 0 Å². The summed E-state index contributed by atoms with van der Waals surface area (Å²) in [5.74, 6) is 0.912. The maximum Gasteiger partial charge on any atom is 0.207 e. The third-order valence-corrected chi connectivity index (χ3v) is 4.50. The van der Waals surface area contributed by atoms with Crippen LogP contribution < -0.4 is 4.74 Å². The zero-order valence-corrected chi connectivity index (χ0v) is 13.6. The zero-order valence-electron chi connectivity index (χ0n) is 13.6. The largest absolute Gasteiger partial charge is 0.493 e. The van der Waals surface area contributed by atoms with E-state index in [-0.39, 0.29) is 23.9 Å². The lowest BCUT2D eigenvalue weighted by Crippen LogP contribution is -2.42. The number of unbranched alkanes of at least 4 members (excludes halogenated alkanes) is 1. The molecule has 2 aliphatic rings. The molecule has 23 heavy (non-hydrogen) atoms. The van der Waals surface area contributed by atoms with Gasteiger partial charge in [0.05, 0.1) is 12.0 Å². The number of hydrogen-bond donors (Lipinski definition) is 0. The molecule has 124 valence electrons. The summed E-state index contributed by atoms with van der Waals surface area (Å²) in [6.45, 7) is 2.95. The highest BCUT2D eigenvalue weighted by molar-refractivity contribution is 5.96. The van der Waals surface area contributed by atoms with E-state index in [2.05, 4.69) is 6.92 Å². The summed E-state index contributed by atoms with van der Waals surface area (Å²) in [7, 11) is 0. The lowest BCUT2D eigenvalue weighted by molar-refractivity contribution is -0.133. The Kier molecular flexibility index (Phi) is 5.34. The van der Waals surface area contributed by atoms with E-state index in [1.165, 1.54) is 6.26 Å². The first-order valence-corrected chi connectivity index (χ1v) is 8.52. The molecule has 1 aliphatic heterocycles. The van der Waals surface area contributed by atoms with Crippen molar-refractivity contribution in [3.8, 4) is 5.75 Å². The minimum atomic E-state index is -0.107. The van der Waals surface area contributed by atoms with Gasteiger partial charge in [-0.2, -0.15) is 0 Å². The van der Waals surface area contributed by atoms with Crippen molar-refractivity contribution in [3.63, 3.8) is 0 Å². The molecule has 1 aliphatic carbocycles. The number of ketones is 1. The van der Waals surface area contributed by atoms with Gasteiger partial charge in [0.25, 0.3) is 0 Å². The van der Waals surface area contributed by atoms with Gasteiger partial charge in [0.2, 0.25) is 11.5 Å². The van der Waals surface area contributed by atoms with Crippen LogP contribution in [0, 0.1) is 5.92 Å². The van der Waals surface area contributed by atoms with Crippen LogP contribution in [0.1, 0.15) is 39.0 Å². The second-order valence-electron chi connectivity index (χ2n) is 6.20. The van der Waals surface area contributed by atoms with Gasteiger partial charge in [0, 0.05) is 13.0 Å². The summed E-state index contributed by atoms with van der Waals surface area (Å²) in [6, 6.07) is 9.34. The minimum Gasteiger partial charge on any atom is -0.493 e. The monoisotopic (exact) mass is 316 g/mol.